The second-order valence-electron chi connectivity index (χ2n) is 4.68. The van der Waals surface area contributed by atoms with E-state index in [0.717, 1.165) is 17.0 Å². The summed E-state index contributed by atoms with van der Waals surface area (Å²) in [4.78, 5) is 0.378. The van der Waals surface area contributed by atoms with Crippen LogP contribution in [0.3, 0.4) is 0 Å². The SMILES string of the molecule is NC(CSc1ccc(F)cc1F)c1cc2ccccc2o1. The smallest absolute Gasteiger partial charge is 0.139 e. The molecule has 0 aliphatic rings. The van der Waals surface area contributed by atoms with Crippen molar-refractivity contribution in [1.29, 1.82) is 0 Å². The third-order valence-corrected chi connectivity index (χ3v) is 4.29. The highest BCUT2D eigenvalue weighted by molar-refractivity contribution is 7.99. The molecule has 5 heteroatoms. The molecule has 0 saturated heterocycles. The molecular formula is C16H13F2NOS. The second-order valence-corrected chi connectivity index (χ2v) is 5.74. The van der Waals surface area contributed by atoms with Gasteiger partial charge in [0.05, 0.1) is 6.04 Å². The molecule has 0 amide bonds. The molecule has 1 heterocycles. The summed E-state index contributed by atoms with van der Waals surface area (Å²) in [6, 6.07) is 12.7. The molecule has 21 heavy (non-hydrogen) atoms. The summed E-state index contributed by atoms with van der Waals surface area (Å²) in [5, 5.41) is 0.987. The molecule has 0 aliphatic heterocycles. The van der Waals surface area contributed by atoms with Gasteiger partial charge in [0.1, 0.15) is 23.0 Å². The van der Waals surface area contributed by atoms with Gasteiger partial charge in [-0.05, 0) is 24.3 Å². The lowest BCUT2D eigenvalue weighted by Gasteiger charge is -2.08. The predicted octanol–water partition coefficient (Wildman–Crippen LogP) is 4.50. The number of furan rings is 1. The van der Waals surface area contributed by atoms with E-state index in [1.165, 1.54) is 23.9 Å². The summed E-state index contributed by atoms with van der Waals surface area (Å²) < 4.78 is 32.1. The summed E-state index contributed by atoms with van der Waals surface area (Å²) in [5.74, 6) is -0.0518. The number of nitrogens with two attached hydrogens (primary N) is 1. The molecule has 3 aromatic rings. The lowest BCUT2D eigenvalue weighted by atomic mass is 10.2. The highest BCUT2D eigenvalue weighted by Gasteiger charge is 2.14. The monoisotopic (exact) mass is 305 g/mol. The first-order valence-corrected chi connectivity index (χ1v) is 7.44. The molecule has 1 unspecified atom stereocenters. The Bertz CT molecular complexity index is 739. The fourth-order valence-electron chi connectivity index (χ4n) is 2.04. The van der Waals surface area contributed by atoms with E-state index < -0.39 is 11.6 Å². The Morgan fingerprint density at radius 2 is 1.90 bits per heavy atom. The van der Waals surface area contributed by atoms with E-state index in [9.17, 15) is 8.78 Å². The van der Waals surface area contributed by atoms with Gasteiger partial charge in [-0.15, -0.1) is 11.8 Å². The van der Waals surface area contributed by atoms with Gasteiger partial charge >= 0.3 is 0 Å². The van der Waals surface area contributed by atoms with Gasteiger partial charge in [-0.1, -0.05) is 18.2 Å². The first kappa shape index (κ1) is 14.1. The largest absolute Gasteiger partial charge is 0.459 e. The van der Waals surface area contributed by atoms with Crippen molar-refractivity contribution in [3.8, 4) is 0 Å². The van der Waals surface area contributed by atoms with Crippen molar-refractivity contribution in [2.75, 3.05) is 5.75 Å². The maximum atomic E-state index is 13.5. The number of para-hydroxylation sites is 1. The Labute approximate surface area is 124 Å². The van der Waals surface area contributed by atoms with Gasteiger partial charge in [0.25, 0.3) is 0 Å². The molecule has 1 atom stereocenters. The highest BCUT2D eigenvalue weighted by atomic mass is 32.2. The van der Waals surface area contributed by atoms with Crippen molar-refractivity contribution in [1.82, 2.24) is 0 Å². The van der Waals surface area contributed by atoms with Crippen LogP contribution >= 0.6 is 11.8 Å². The molecule has 0 fully saturated rings. The maximum absolute atomic E-state index is 13.5. The van der Waals surface area contributed by atoms with E-state index in [1.807, 2.05) is 30.3 Å². The normalized spacial score (nSPS) is 12.7. The zero-order valence-corrected chi connectivity index (χ0v) is 11.9. The molecular weight excluding hydrogens is 292 g/mol. The fourth-order valence-corrected chi connectivity index (χ4v) is 2.92. The molecule has 108 valence electrons. The van der Waals surface area contributed by atoms with E-state index in [1.54, 1.807) is 0 Å². The first-order valence-electron chi connectivity index (χ1n) is 6.45. The minimum absolute atomic E-state index is 0.355. The number of rotatable bonds is 4. The van der Waals surface area contributed by atoms with Crippen LogP contribution in [-0.2, 0) is 0 Å². The van der Waals surface area contributed by atoms with Crippen molar-refractivity contribution in [2.45, 2.75) is 10.9 Å². The highest BCUT2D eigenvalue weighted by Crippen LogP contribution is 2.29. The molecule has 2 N–H and O–H groups in total. The second kappa shape index (κ2) is 5.87. The Hall–Kier alpha value is -1.85. The number of hydrogen-bond acceptors (Lipinski definition) is 3. The van der Waals surface area contributed by atoms with E-state index in [4.69, 9.17) is 10.2 Å². The lowest BCUT2D eigenvalue weighted by molar-refractivity contribution is 0.515. The van der Waals surface area contributed by atoms with E-state index in [2.05, 4.69) is 0 Å². The Balaban J connectivity index is 1.72. The van der Waals surface area contributed by atoms with Crippen LogP contribution in [0.4, 0.5) is 8.78 Å². The van der Waals surface area contributed by atoms with Crippen LogP contribution in [0.2, 0.25) is 0 Å². The fraction of sp³-hybridized carbons (Fsp3) is 0.125. The number of benzene rings is 2. The van der Waals surface area contributed by atoms with Crippen molar-refractivity contribution in [2.24, 2.45) is 5.73 Å². The Morgan fingerprint density at radius 1 is 1.10 bits per heavy atom. The minimum Gasteiger partial charge on any atom is -0.459 e. The van der Waals surface area contributed by atoms with Gasteiger partial charge in [-0.2, -0.15) is 0 Å². The topological polar surface area (TPSA) is 39.2 Å². The van der Waals surface area contributed by atoms with Gasteiger partial charge in [-0.3, -0.25) is 0 Å². The zero-order valence-electron chi connectivity index (χ0n) is 11.1. The molecule has 3 rings (SSSR count). The molecule has 0 aliphatic carbocycles. The summed E-state index contributed by atoms with van der Waals surface area (Å²) in [6.07, 6.45) is 0. The average molecular weight is 305 g/mol. The standard InChI is InChI=1S/C16H13F2NOS/c17-11-5-6-16(12(18)8-11)21-9-13(19)15-7-10-3-1-2-4-14(10)20-15/h1-8,13H,9,19H2. The first-order chi connectivity index (χ1) is 10.1. The quantitative estimate of drug-likeness (QED) is 0.721. The van der Waals surface area contributed by atoms with Crippen molar-refractivity contribution >= 4 is 22.7 Å². The third-order valence-electron chi connectivity index (χ3n) is 3.12. The van der Waals surface area contributed by atoms with Gasteiger partial charge in [0.15, 0.2) is 0 Å². The van der Waals surface area contributed by atoms with E-state index >= 15 is 0 Å². The molecule has 0 bridgehead atoms. The van der Waals surface area contributed by atoms with Gasteiger partial charge in [0.2, 0.25) is 0 Å². The van der Waals surface area contributed by atoms with Crippen LogP contribution in [0.15, 0.2) is 57.8 Å². The van der Waals surface area contributed by atoms with E-state index in [-0.39, 0.29) is 6.04 Å². The molecule has 2 nitrogen and oxygen atoms in total. The number of thioether (sulfide) groups is 1. The van der Waals surface area contributed by atoms with E-state index in [0.29, 0.717) is 16.4 Å². The van der Waals surface area contributed by atoms with Crippen molar-refractivity contribution in [3.05, 3.63) is 65.9 Å². The molecule has 0 saturated carbocycles. The number of halogens is 2. The predicted molar refractivity (Wildman–Crippen MR) is 80.2 cm³/mol. The average Bonchev–Trinajstić information content (AvgIpc) is 2.90. The van der Waals surface area contributed by atoms with Gasteiger partial charge in [-0.25, -0.2) is 8.78 Å². The number of hydrogen-bond donors (Lipinski definition) is 1. The molecule has 1 aromatic heterocycles. The molecule has 0 spiro atoms. The van der Waals surface area contributed by atoms with Gasteiger partial charge in [0, 0.05) is 22.1 Å². The van der Waals surface area contributed by atoms with Crippen LogP contribution in [0.25, 0.3) is 11.0 Å². The Morgan fingerprint density at radius 3 is 2.67 bits per heavy atom. The summed E-state index contributed by atoms with van der Waals surface area (Å²) in [7, 11) is 0. The number of fused-ring (bicyclic) bond motifs is 1. The Kier molecular flexibility index (Phi) is 3.94. The van der Waals surface area contributed by atoms with Crippen molar-refractivity contribution in [3.63, 3.8) is 0 Å². The zero-order chi connectivity index (χ0) is 14.8. The maximum Gasteiger partial charge on any atom is 0.139 e. The van der Waals surface area contributed by atoms with Crippen LogP contribution < -0.4 is 5.73 Å². The summed E-state index contributed by atoms with van der Waals surface area (Å²) >= 11 is 1.24. The minimum atomic E-state index is -0.585. The molecule has 0 radical (unpaired) electrons. The lowest BCUT2D eigenvalue weighted by Crippen LogP contribution is -2.12. The van der Waals surface area contributed by atoms with Crippen LogP contribution in [0.5, 0.6) is 0 Å². The molecule has 2 aromatic carbocycles. The third kappa shape index (κ3) is 3.09. The van der Waals surface area contributed by atoms with Crippen molar-refractivity contribution < 1.29 is 13.2 Å². The van der Waals surface area contributed by atoms with Crippen LogP contribution in [-0.4, -0.2) is 5.75 Å². The summed E-state index contributed by atoms with van der Waals surface area (Å²) in [6.45, 7) is 0. The van der Waals surface area contributed by atoms with Crippen LogP contribution in [0.1, 0.15) is 11.8 Å². The van der Waals surface area contributed by atoms with Gasteiger partial charge < -0.3 is 10.2 Å². The summed E-state index contributed by atoms with van der Waals surface area (Å²) in [5.41, 5.74) is 6.85. The van der Waals surface area contributed by atoms with Crippen LogP contribution in [0, 0.1) is 11.6 Å².